The molecule has 0 aromatic heterocycles. The number of nitrogens with one attached hydrogen (secondary N) is 1. The van der Waals surface area contributed by atoms with Crippen LogP contribution >= 0.6 is 0 Å². The molecule has 1 N–H and O–H groups in total. The highest BCUT2D eigenvalue weighted by atomic mass is 19.2. The summed E-state index contributed by atoms with van der Waals surface area (Å²) >= 11 is 0. The summed E-state index contributed by atoms with van der Waals surface area (Å²) < 4.78 is 25.6. The van der Waals surface area contributed by atoms with E-state index < -0.39 is 11.6 Å². The SMILES string of the molecule is CN1C(=O)CNC1c1ccc(F)c(F)c1. The second-order valence-corrected chi connectivity index (χ2v) is 3.46. The van der Waals surface area contributed by atoms with Gasteiger partial charge in [-0.25, -0.2) is 8.78 Å². The minimum absolute atomic E-state index is 0.0651. The van der Waals surface area contributed by atoms with Crippen molar-refractivity contribution in [2.45, 2.75) is 6.17 Å². The van der Waals surface area contributed by atoms with Crippen molar-refractivity contribution in [2.75, 3.05) is 13.6 Å². The van der Waals surface area contributed by atoms with Gasteiger partial charge in [0.2, 0.25) is 5.91 Å². The molecule has 2 rings (SSSR count). The van der Waals surface area contributed by atoms with E-state index in [0.29, 0.717) is 5.56 Å². The molecule has 80 valence electrons. The van der Waals surface area contributed by atoms with Crippen molar-refractivity contribution in [3.63, 3.8) is 0 Å². The van der Waals surface area contributed by atoms with Gasteiger partial charge in [-0.1, -0.05) is 6.07 Å². The number of hydrogen-bond acceptors (Lipinski definition) is 2. The number of likely N-dealkylation sites (N-methyl/N-ethyl adjacent to an activating group) is 1. The first-order chi connectivity index (χ1) is 7.09. The van der Waals surface area contributed by atoms with Crippen molar-refractivity contribution in [3.8, 4) is 0 Å². The fraction of sp³-hybridized carbons (Fsp3) is 0.300. The molecule has 1 unspecified atom stereocenters. The van der Waals surface area contributed by atoms with Crippen molar-refractivity contribution in [1.82, 2.24) is 10.2 Å². The molecule has 0 spiro atoms. The molecule has 0 saturated carbocycles. The minimum Gasteiger partial charge on any atom is -0.325 e. The zero-order chi connectivity index (χ0) is 11.0. The number of nitrogens with zero attached hydrogens (tertiary/aromatic N) is 1. The van der Waals surface area contributed by atoms with Gasteiger partial charge in [0.1, 0.15) is 6.17 Å². The van der Waals surface area contributed by atoms with Gasteiger partial charge in [0, 0.05) is 7.05 Å². The summed E-state index contributed by atoms with van der Waals surface area (Å²) in [5.74, 6) is -1.85. The molecule has 3 nitrogen and oxygen atoms in total. The molecule has 1 saturated heterocycles. The molecule has 1 aromatic carbocycles. The Bertz CT molecular complexity index is 408. The van der Waals surface area contributed by atoms with Gasteiger partial charge in [0.15, 0.2) is 11.6 Å². The summed E-state index contributed by atoms with van der Waals surface area (Å²) in [5.41, 5.74) is 0.544. The van der Waals surface area contributed by atoms with E-state index in [1.807, 2.05) is 0 Å². The molecule has 5 heteroatoms. The van der Waals surface area contributed by atoms with Crippen molar-refractivity contribution in [2.24, 2.45) is 0 Å². The van der Waals surface area contributed by atoms with Gasteiger partial charge in [-0.3, -0.25) is 10.1 Å². The molecule has 0 bridgehead atoms. The van der Waals surface area contributed by atoms with Crippen LogP contribution in [0.4, 0.5) is 8.78 Å². The molecule has 0 radical (unpaired) electrons. The number of carbonyl (C=O) groups is 1. The molecular formula is C10H10F2N2O. The van der Waals surface area contributed by atoms with E-state index >= 15 is 0 Å². The number of rotatable bonds is 1. The third-order valence-electron chi connectivity index (χ3n) is 2.49. The first-order valence-electron chi connectivity index (χ1n) is 4.53. The second kappa shape index (κ2) is 3.58. The minimum atomic E-state index is -0.901. The molecule has 1 heterocycles. The molecule has 1 fully saturated rings. The fourth-order valence-corrected chi connectivity index (χ4v) is 1.61. The predicted molar refractivity (Wildman–Crippen MR) is 49.9 cm³/mol. The molecule has 1 amide bonds. The first kappa shape index (κ1) is 10.0. The Morgan fingerprint density at radius 2 is 2.13 bits per heavy atom. The summed E-state index contributed by atoms with van der Waals surface area (Å²) in [6, 6.07) is 3.62. The van der Waals surface area contributed by atoms with E-state index in [0.717, 1.165) is 12.1 Å². The Kier molecular flexibility index (Phi) is 2.40. The summed E-state index contributed by atoms with van der Waals surface area (Å²) in [6.07, 6.45) is -0.368. The quantitative estimate of drug-likeness (QED) is 0.754. The maximum absolute atomic E-state index is 13.0. The van der Waals surface area contributed by atoms with Crippen LogP contribution in [-0.4, -0.2) is 24.4 Å². The number of halogens is 2. The predicted octanol–water partition coefficient (Wildman–Crippen LogP) is 1.02. The Balaban J connectivity index is 2.30. The van der Waals surface area contributed by atoms with Gasteiger partial charge in [-0.15, -0.1) is 0 Å². The number of benzene rings is 1. The van der Waals surface area contributed by atoms with E-state index in [2.05, 4.69) is 5.32 Å². The van der Waals surface area contributed by atoms with Gasteiger partial charge in [-0.2, -0.15) is 0 Å². The molecule has 0 aliphatic carbocycles. The molecule has 15 heavy (non-hydrogen) atoms. The molecule has 1 aliphatic heterocycles. The van der Waals surface area contributed by atoms with Crippen LogP contribution in [0.1, 0.15) is 11.7 Å². The number of hydrogen-bond donors (Lipinski definition) is 1. The smallest absolute Gasteiger partial charge is 0.237 e. The van der Waals surface area contributed by atoms with Gasteiger partial charge < -0.3 is 4.90 Å². The van der Waals surface area contributed by atoms with Crippen LogP contribution < -0.4 is 5.32 Å². The van der Waals surface area contributed by atoms with Gasteiger partial charge in [0.05, 0.1) is 6.54 Å². The summed E-state index contributed by atoms with van der Waals surface area (Å²) in [4.78, 5) is 12.7. The fourth-order valence-electron chi connectivity index (χ4n) is 1.61. The zero-order valence-corrected chi connectivity index (χ0v) is 8.13. The highest BCUT2D eigenvalue weighted by molar-refractivity contribution is 5.80. The monoisotopic (exact) mass is 212 g/mol. The third kappa shape index (κ3) is 1.70. The zero-order valence-electron chi connectivity index (χ0n) is 8.13. The highest BCUT2D eigenvalue weighted by Crippen LogP contribution is 2.21. The number of amides is 1. The Morgan fingerprint density at radius 3 is 2.67 bits per heavy atom. The van der Waals surface area contributed by atoms with Crippen LogP contribution in [0, 0.1) is 11.6 Å². The lowest BCUT2D eigenvalue weighted by atomic mass is 10.1. The lowest BCUT2D eigenvalue weighted by Gasteiger charge is -2.19. The van der Waals surface area contributed by atoms with E-state index in [1.165, 1.54) is 11.0 Å². The van der Waals surface area contributed by atoms with Crippen molar-refractivity contribution in [1.29, 1.82) is 0 Å². The number of carbonyl (C=O) groups excluding carboxylic acids is 1. The average Bonchev–Trinajstić information content (AvgIpc) is 2.53. The van der Waals surface area contributed by atoms with Gasteiger partial charge >= 0.3 is 0 Å². The highest BCUT2D eigenvalue weighted by Gasteiger charge is 2.28. The van der Waals surface area contributed by atoms with E-state index in [1.54, 1.807) is 7.05 Å². The van der Waals surface area contributed by atoms with Crippen LogP contribution in [0.25, 0.3) is 0 Å². The Morgan fingerprint density at radius 1 is 1.40 bits per heavy atom. The molecule has 1 aliphatic rings. The van der Waals surface area contributed by atoms with Gasteiger partial charge in [-0.05, 0) is 17.7 Å². The normalized spacial score (nSPS) is 21.1. The first-order valence-corrected chi connectivity index (χ1v) is 4.53. The maximum Gasteiger partial charge on any atom is 0.237 e. The van der Waals surface area contributed by atoms with Crippen molar-refractivity contribution >= 4 is 5.91 Å². The van der Waals surface area contributed by atoms with Crippen molar-refractivity contribution in [3.05, 3.63) is 35.4 Å². The Hall–Kier alpha value is -1.49. The summed E-state index contributed by atoms with van der Waals surface area (Å²) in [6.45, 7) is 0.222. The van der Waals surface area contributed by atoms with Crippen LogP contribution in [0.3, 0.4) is 0 Å². The van der Waals surface area contributed by atoms with Crippen LogP contribution in [0.5, 0.6) is 0 Å². The van der Waals surface area contributed by atoms with Crippen molar-refractivity contribution < 1.29 is 13.6 Å². The van der Waals surface area contributed by atoms with Gasteiger partial charge in [0.25, 0.3) is 0 Å². The average molecular weight is 212 g/mol. The maximum atomic E-state index is 13.0. The second-order valence-electron chi connectivity index (χ2n) is 3.46. The third-order valence-corrected chi connectivity index (χ3v) is 2.49. The standard InChI is InChI=1S/C10H10F2N2O/c1-14-9(15)5-13-10(14)6-2-3-7(11)8(12)4-6/h2-4,10,13H,5H2,1H3. The topological polar surface area (TPSA) is 32.3 Å². The van der Waals surface area contributed by atoms with Crippen LogP contribution in [-0.2, 0) is 4.79 Å². The summed E-state index contributed by atoms with van der Waals surface area (Å²) in [7, 11) is 1.62. The Labute approximate surface area is 85.7 Å². The van der Waals surface area contributed by atoms with Crippen LogP contribution in [0.15, 0.2) is 18.2 Å². The largest absolute Gasteiger partial charge is 0.325 e. The van der Waals surface area contributed by atoms with E-state index in [9.17, 15) is 13.6 Å². The van der Waals surface area contributed by atoms with E-state index in [4.69, 9.17) is 0 Å². The molecular weight excluding hydrogens is 202 g/mol. The molecule has 1 aromatic rings. The lowest BCUT2D eigenvalue weighted by molar-refractivity contribution is -0.126. The van der Waals surface area contributed by atoms with Crippen LogP contribution in [0.2, 0.25) is 0 Å². The molecule has 1 atom stereocenters. The summed E-state index contributed by atoms with van der Waals surface area (Å²) in [5, 5.41) is 2.91. The lowest BCUT2D eigenvalue weighted by Crippen LogP contribution is -2.26. The van der Waals surface area contributed by atoms with E-state index in [-0.39, 0.29) is 18.6 Å².